The Labute approximate surface area is 220 Å². The van der Waals surface area contributed by atoms with Crippen molar-refractivity contribution < 1.29 is 4.79 Å². The van der Waals surface area contributed by atoms with Crippen LogP contribution in [0.4, 0.5) is 27.5 Å². The Kier molecular flexibility index (Phi) is 7.27. The van der Waals surface area contributed by atoms with Gasteiger partial charge in [0.05, 0.1) is 13.1 Å². The predicted octanol–water partition coefficient (Wildman–Crippen LogP) is 4.15. The molecule has 0 radical (unpaired) electrons. The molecule has 0 aliphatic carbocycles. The molecule has 2 aliphatic heterocycles. The molecule has 2 aliphatic rings. The smallest absolute Gasteiger partial charge is 0.323 e. The van der Waals surface area contributed by atoms with Crippen LogP contribution >= 0.6 is 12.2 Å². The number of rotatable bonds is 6. The summed E-state index contributed by atoms with van der Waals surface area (Å²) >= 11 is 5.50. The lowest BCUT2D eigenvalue weighted by Crippen LogP contribution is -2.21. The summed E-state index contributed by atoms with van der Waals surface area (Å²) in [6, 6.07) is 20.9. The van der Waals surface area contributed by atoms with Crippen LogP contribution in [0.25, 0.3) is 0 Å². The largest absolute Gasteiger partial charge is 0.368 e. The zero-order valence-corrected chi connectivity index (χ0v) is 21.2. The van der Waals surface area contributed by atoms with Crippen molar-refractivity contribution in [2.24, 2.45) is 9.98 Å². The minimum atomic E-state index is -0.331. The number of hydrogen-bond acceptors (Lipinski definition) is 6. The second kappa shape index (κ2) is 11.1. The number of nitrogens with zero attached hydrogens (tertiary/aromatic N) is 2. The second-order valence-electron chi connectivity index (χ2n) is 8.71. The average molecular weight is 513 g/mol. The molecule has 0 saturated carbocycles. The number of amidine groups is 2. The number of aliphatic imine (C=N–C) groups is 2. The van der Waals surface area contributed by atoms with Crippen LogP contribution in [-0.4, -0.2) is 49.0 Å². The Morgan fingerprint density at radius 3 is 1.68 bits per heavy atom. The van der Waals surface area contributed by atoms with Gasteiger partial charge in [0.15, 0.2) is 5.11 Å². The van der Waals surface area contributed by atoms with Crippen LogP contribution in [0.5, 0.6) is 0 Å². The maximum Gasteiger partial charge on any atom is 0.323 e. The summed E-state index contributed by atoms with van der Waals surface area (Å²) in [5.41, 5.74) is 6.00. The van der Waals surface area contributed by atoms with E-state index in [1.165, 1.54) is 0 Å². The second-order valence-corrected chi connectivity index (χ2v) is 9.12. The molecule has 2 amide bonds. The first-order chi connectivity index (χ1) is 18.0. The quantitative estimate of drug-likeness (QED) is 0.277. The first-order valence-corrected chi connectivity index (χ1v) is 12.5. The lowest BCUT2D eigenvalue weighted by atomic mass is 10.2. The molecule has 6 N–H and O–H groups in total. The fourth-order valence-electron chi connectivity index (χ4n) is 4.12. The summed E-state index contributed by atoms with van der Waals surface area (Å²) < 4.78 is 0. The van der Waals surface area contributed by atoms with Gasteiger partial charge in [-0.1, -0.05) is 0 Å². The summed E-state index contributed by atoms with van der Waals surface area (Å²) in [5, 5.41) is 19.1. The normalized spacial score (nSPS) is 14.1. The maximum atomic E-state index is 12.6. The van der Waals surface area contributed by atoms with Gasteiger partial charge in [0, 0.05) is 47.0 Å². The molecule has 0 spiro atoms. The van der Waals surface area contributed by atoms with Crippen molar-refractivity contribution in [3.8, 4) is 0 Å². The van der Waals surface area contributed by atoms with E-state index in [9.17, 15) is 4.79 Å². The van der Waals surface area contributed by atoms with E-state index in [0.717, 1.165) is 65.9 Å². The first-order valence-electron chi connectivity index (χ1n) is 12.1. The van der Waals surface area contributed by atoms with Crippen molar-refractivity contribution in [3.05, 3.63) is 83.4 Å². The van der Waals surface area contributed by atoms with E-state index in [2.05, 4.69) is 41.9 Å². The van der Waals surface area contributed by atoms with Crippen molar-refractivity contribution in [1.82, 2.24) is 10.6 Å². The van der Waals surface area contributed by atoms with Gasteiger partial charge in [-0.15, -0.1) is 0 Å². The lowest BCUT2D eigenvalue weighted by Gasteiger charge is -2.14. The molecule has 0 aromatic heterocycles. The van der Waals surface area contributed by atoms with Gasteiger partial charge in [-0.2, -0.15) is 0 Å². The summed E-state index contributed by atoms with van der Waals surface area (Å²) in [7, 11) is 0. The number of thiocarbonyl (C=S) groups is 1. The van der Waals surface area contributed by atoms with E-state index < -0.39 is 0 Å². The highest BCUT2D eigenvalue weighted by Gasteiger charge is 2.10. The molecule has 188 valence electrons. The van der Waals surface area contributed by atoms with Crippen LogP contribution in [0.3, 0.4) is 0 Å². The fourth-order valence-corrected chi connectivity index (χ4v) is 4.36. The standard InChI is InChI=1S/C27H28N8OS/c1-17-14-22(33-26(36)32-20-6-2-18(3-7-20)24-28-10-11-29-24)16-23(15-17)35-27(37)34-21-8-4-19(5-9-21)25-30-12-13-31-25/h2-9,14-16H,10-13H2,1H3,(H,28,29)(H,30,31)(H2,32,33,36)(H2,34,35,37). The molecule has 5 rings (SSSR count). The van der Waals surface area contributed by atoms with Gasteiger partial charge in [-0.25, -0.2) is 4.79 Å². The molecule has 0 saturated heterocycles. The zero-order chi connectivity index (χ0) is 25.6. The Hall–Kier alpha value is -4.44. The highest BCUT2D eigenvalue weighted by atomic mass is 32.1. The van der Waals surface area contributed by atoms with E-state index in [4.69, 9.17) is 12.2 Å². The monoisotopic (exact) mass is 512 g/mol. The molecule has 9 nitrogen and oxygen atoms in total. The third-order valence-electron chi connectivity index (χ3n) is 5.77. The first kappa shape index (κ1) is 24.3. The van der Waals surface area contributed by atoms with Crippen LogP contribution in [0.2, 0.25) is 0 Å². The molecule has 0 atom stereocenters. The summed E-state index contributed by atoms with van der Waals surface area (Å²) in [5.74, 6) is 1.81. The minimum Gasteiger partial charge on any atom is -0.368 e. The van der Waals surface area contributed by atoms with Crippen LogP contribution < -0.4 is 31.9 Å². The van der Waals surface area contributed by atoms with Crippen molar-refractivity contribution in [3.63, 3.8) is 0 Å². The van der Waals surface area contributed by atoms with Gasteiger partial charge >= 0.3 is 6.03 Å². The number of anilines is 4. The molecule has 10 heteroatoms. The number of benzene rings is 3. The van der Waals surface area contributed by atoms with Gasteiger partial charge < -0.3 is 31.9 Å². The van der Waals surface area contributed by atoms with Gasteiger partial charge in [-0.05, 0) is 91.4 Å². The van der Waals surface area contributed by atoms with Gasteiger partial charge in [-0.3, -0.25) is 9.98 Å². The Bertz CT molecular complexity index is 1260. The van der Waals surface area contributed by atoms with Crippen LogP contribution in [0.15, 0.2) is 76.7 Å². The molecule has 0 unspecified atom stereocenters. The minimum absolute atomic E-state index is 0.331. The topological polar surface area (TPSA) is 114 Å². The highest BCUT2D eigenvalue weighted by Crippen LogP contribution is 2.20. The van der Waals surface area contributed by atoms with Crippen molar-refractivity contribution in [2.75, 3.05) is 47.4 Å². The average Bonchev–Trinajstić information content (AvgIpc) is 3.59. The van der Waals surface area contributed by atoms with E-state index in [1.807, 2.05) is 73.7 Å². The predicted molar refractivity (Wildman–Crippen MR) is 155 cm³/mol. The lowest BCUT2D eigenvalue weighted by molar-refractivity contribution is 0.262. The molecular formula is C27H28N8OS. The highest BCUT2D eigenvalue weighted by molar-refractivity contribution is 7.80. The Morgan fingerprint density at radius 2 is 1.16 bits per heavy atom. The molecule has 3 aromatic carbocycles. The fraction of sp³-hybridized carbons (Fsp3) is 0.185. The Morgan fingerprint density at radius 1 is 0.703 bits per heavy atom. The summed E-state index contributed by atoms with van der Waals surface area (Å²) in [6.07, 6.45) is 0. The number of hydrogen-bond donors (Lipinski definition) is 6. The zero-order valence-electron chi connectivity index (χ0n) is 20.4. The molecule has 0 bridgehead atoms. The van der Waals surface area contributed by atoms with Gasteiger partial charge in [0.25, 0.3) is 0 Å². The number of urea groups is 1. The molecule has 3 aromatic rings. The molecule has 2 heterocycles. The van der Waals surface area contributed by atoms with Crippen molar-refractivity contribution in [1.29, 1.82) is 0 Å². The number of nitrogens with one attached hydrogen (secondary N) is 6. The molecule has 37 heavy (non-hydrogen) atoms. The van der Waals surface area contributed by atoms with Crippen molar-refractivity contribution >= 4 is 57.8 Å². The SMILES string of the molecule is Cc1cc(NC(=O)Nc2ccc(C3=NCCN3)cc2)cc(NC(=S)Nc2ccc(C3=NCCN3)cc2)c1. The van der Waals surface area contributed by atoms with Crippen LogP contribution in [0.1, 0.15) is 16.7 Å². The van der Waals surface area contributed by atoms with E-state index >= 15 is 0 Å². The van der Waals surface area contributed by atoms with Crippen LogP contribution in [0, 0.1) is 6.92 Å². The van der Waals surface area contributed by atoms with E-state index in [0.29, 0.717) is 16.5 Å². The number of amides is 2. The number of carbonyl (C=O) groups is 1. The number of aryl methyl sites for hydroxylation is 1. The Balaban J connectivity index is 1.16. The van der Waals surface area contributed by atoms with Gasteiger partial charge in [0.2, 0.25) is 0 Å². The molecule has 0 fully saturated rings. The van der Waals surface area contributed by atoms with Crippen molar-refractivity contribution in [2.45, 2.75) is 6.92 Å². The summed E-state index contributed by atoms with van der Waals surface area (Å²) in [6.45, 7) is 5.28. The third kappa shape index (κ3) is 6.42. The summed E-state index contributed by atoms with van der Waals surface area (Å²) in [4.78, 5) is 21.4. The van der Waals surface area contributed by atoms with Crippen LogP contribution in [-0.2, 0) is 0 Å². The number of carbonyl (C=O) groups excluding carboxylic acids is 1. The van der Waals surface area contributed by atoms with E-state index in [-0.39, 0.29) is 6.03 Å². The maximum absolute atomic E-state index is 12.6. The third-order valence-corrected chi connectivity index (χ3v) is 5.98. The van der Waals surface area contributed by atoms with E-state index in [1.54, 1.807) is 0 Å². The molecular weight excluding hydrogens is 484 g/mol. The van der Waals surface area contributed by atoms with Gasteiger partial charge in [0.1, 0.15) is 11.7 Å².